The van der Waals surface area contributed by atoms with E-state index in [4.69, 9.17) is 4.74 Å². The highest BCUT2D eigenvalue weighted by Gasteiger charge is 2.46. The van der Waals surface area contributed by atoms with Crippen LogP contribution in [0.15, 0.2) is 72.9 Å². The van der Waals surface area contributed by atoms with Crippen LogP contribution in [0.5, 0.6) is 5.75 Å². The average molecular weight is 954 g/mol. The number of ether oxygens (including phenoxy) is 1. The molecule has 3 N–H and O–H groups in total. The molecule has 70 heavy (non-hydrogen) atoms. The Balaban J connectivity index is 0.613. The van der Waals surface area contributed by atoms with Crippen LogP contribution >= 0.6 is 0 Å². The Hall–Kier alpha value is -6.22. The summed E-state index contributed by atoms with van der Waals surface area (Å²) in [6, 6.07) is 18.8. The van der Waals surface area contributed by atoms with Gasteiger partial charge >= 0.3 is 0 Å². The summed E-state index contributed by atoms with van der Waals surface area (Å²) < 4.78 is 20.4. The zero-order chi connectivity index (χ0) is 48.5. The fourth-order valence-corrected chi connectivity index (χ4v) is 12.2. The second-order valence-electron chi connectivity index (χ2n) is 20.7. The molecule has 0 radical (unpaired) electrons. The molecule has 2 atom stereocenters. The van der Waals surface area contributed by atoms with Crippen molar-refractivity contribution >= 4 is 57.7 Å². The molecule has 3 saturated heterocycles. The molecule has 2 aliphatic carbocycles. The van der Waals surface area contributed by atoms with Crippen molar-refractivity contribution in [3.8, 4) is 5.75 Å². The first-order valence-corrected chi connectivity index (χ1v) is 25.7. The third-order valence-corrected chi connectivity index (χ3v) is 16.4. The molecule has 0 spiro atoms. The Kier molecular flexibility index (Phi) is 14.0. The number of piperidine rings is 3. The van der Waals surface area contributed by atoms with E-state index in [1.165, 1.54) is 6.07 Å². The zero-order valence-electron chi connectivity index (χ0n) is 40.0. The summed E-state index contributed by atoms with van der Waals surface area (Å²) in [6.45, 7) is 6.21. The van der Waals surface area contributed by atoms with Crippen LogP contribution in [-0.2, 0) is 19.2 Å². The molecular formula is C55H64FN7O7. The molecule has 1 unspecified atom stereocenters. The number of nitrogens with one attached hydrogen (secondary N) is 3. The van der Waals surface area contributed by atoms with Gasteiger partial charge < -0.3 is 25.2 Å². The quantitative estimate of drug-likeness (QED) is 0.118. The molecule has 4 aliphatic heterocycles. The summed E-state index contributed by atoms with van der Waals surface area (Å²) in [5, 5.41) is 9.81. The minimum absolute atomic E-state index is 0.0161. The van der Waals surface area contributed by atoms with E-state index < -0.39 is 29.7 Å². The number of carbonyl (C=O) groups excluding carboxylic acids is 6. The number of halogens is 1. The first-order valence-electron chi connectivity index (χ1n) is 25.7. The minimum Gasteiger partial charge on any atom is -0.490 e. The number of aromatic nitrogens is 1. The number of benzene rings is 3. The van der Waals surface area contributed by atoms with Crippen molar-refractivity contribution < 1.29 is 37.9 Å². The maximum absolute atomic E-state index is 14.1. The third kappa shape index (κ3) is 10.2. The van der Waals surface area contributed by atoms with Crippen LogP contribution in [0.25, 0.3) is 10.9 Å². The van der Waals surface area contributed by atoms with E-state index in [1.807, 2.05) is 54.4 Å². The second kappa shape index (κ2) is 20.6. The van der Waals surface area contributed by atoms with E-state index in [1.54, 1.807) is 24.3 Å². The SMILES string of the molecule is C[C@@H](C(=O)Nc1ccc(OC2CCN(C(=O)C3CCN(C[C@H]4CC[C@H](Nc5cccc6c5C(=O)N(C5CCC(=O)NC5=O)C6=O)CC4)CC3)CC2)cc1)[C@H]1CC[C@@H](c2ccnc3ccc(F)cc32)CC1. The van der Waals surface area contributed by atoms with E-state index >= 15 is 0 Å². The van der Waals surface area contributed by atoms with Gasteiger partial charge in [-0.25, -0.2) is 4.39 Å². The summed E-state index contributed by atoms with van der Waals surface area (Å²) in [5.41, 5.74) is 3.90. The summed E-state index contributed by atoms with van der Waals surface area (Å²) >= 11 is 0. The number of imide groups is 2. The van der Waals surface area contributed by atoms with Crippen molar-refractivity contribution in [1.82, 2.24) is 25.0 Å². The molecule has 6 amide bonds. The van der Waals surface area contributed by atoms with Crippen LogP contribution in [0.3, 0.4) is 0 Å². The van der Waals surface area contributed by atoms with Crippen LogP contribution in [0.4, 0.5) is 15.8 Å². The van der Waals surface area contributed by atoms with Gasteiger partial charge in [-0.05, 0) is 168 Å². The Morgan fingerprint density at radius 2 is 1.56 bits per heavy atom. The second-order valence-corrected chi connectivity index (χ2v) is 20.7. The number of fused-ring (bicyclic) bond motifs is 2. The van der Waals surface area contributed by atoms with E-state index in [2.05, 4.69) is 25.8 Å². The molecule has 4 aromatic rings. The Morgan fingerprint density at radius 1 is 0.814 bits per heavy atom. The maximum atomic E-state index is 14.1. The van der Waals surface area contributed by atoms with Gasteiger partial charge in [-0.15, -0.1) is 0 Å². The number of pyridine rings is 1. The van der Waals surface area contributed by atoms with Gasteiger partial charge in [-0.1, -0.05) is 13.0 Å². The summed E-state index contributed by atoms with van der Waals surface area (Å²) in [7, 11) is 0. The fourth-order valence-electron chi connectivity index (χ4n) is 12.2. The lowest BCUT2D eigenvalue weighted by Crippen LogP contribution is -2.54. The van der Waals surface area contributed by atoms with Gasteiger partial charge in [0.25, 0.3) is 11.8 Å². The highest BCUT2D eigenvalue weighted by atomic mass is 19.1. The smallest absolute Gasteiger partial charge is 0.264 e. The number of rotatable bonds is 12. The predicted octanol–water partition coefficient (Wildman–Crippen LogP) is 8.08. The van der Waals surface area contributed by atoms with Gasteiger partial charge in [0, 0.05) is 79.7 Å². The maximum Gasteiger partial charge on any atom is 0.264 e. The minimum atomic E-state index is -0.993. The Bertz CT molecular complexity index is 2630. The number of amides is 6. The van der Waals surface area contributed by atoms with Crippen LogP contribution in [-0.4, -0.2) is 106 Å². The molecule has 6 aliphatic rings. The predicted molar refractivity (Wildman–Crippen MR) is 263 cm³/mol. The van der Waals surface area contributed by atoms with Crippen molar-refractivity contribution in [3.63, 3.8) is 0 Å². The van der Waals surface area contributed by atoms with Crippen LogP contribution in [0.1, 0.15) is 129 Å². The molecule has 0 bridgehead atoms. The van der Waals surface area contributed by atoms with E-state index in [0.29, 0.717) is 36.2 Å². The van der Waals surface area contributed by atoms with Gasteiger partial charge in [-0.2, -0.15) is 0 Å². The molecule has 5 heterocycles. The van der Waals surface area contributed by atoms with Crippen molar-refractivity contribution in [2.45, 2.75) is 121 Å². The Labute approximate surface area is 408 Å². The van der Waals surface area contributed by atoms with Crippen LogP contribution < -0.4 is 20.7 Å². The van der Waals surface area contributed by atoms with Gasteiger partial charge in [-0.3, -0.25) is 44.0 Å². The zero-order valence-corrected chi connectivity index (χ0v) is 40.0. The number of nitrogens with zero attached hydrogens (tertiary/aromatic N) is 4. The summed E-state index contributed by atoms with van der Waals surface area (Å²) in [5.74, 6) is -0.160. The standard InChI is InChI=1S/C55H64FN7O7/c1-33(35-7-9-36(10-8-35)43-21-26-57-46-18-11-38(56)31-45(43)46)51(65)59-40-14-16-41(17-15-40)70-42-24-29-62(30-25-42)53(67)37-22-27-61(28-23-37)32-34-5-12-39(13-6-34)58-47-4-2-3-44-50(47)55(69)63(54(44)68)48-19-20-49(64)60-52(48)66/h2-4,11,14-18,21,26,31,33-37,39,42,48,58H,5-10,12-13,19-20,22-25,27-30,32H2,1H3,(H,59,65)(H,60,64,66)/t33-,34-,35-,36+,39-,48?/m1/s1. The van der Waals surface area contributed by atoms with E-state index in [9.17, 15) is 33.2 Å². The number of likely N-dealkylation sites (tertiary alicyclic amines) is 2. The lowest BCUT2D eigenvalue weighted by Gasteiger charge is -2.39. The lowest BCUT2D eigenvalue weighted by atomic mass is 9.73. The van der Waals surface area contributed by atoms with Crippen molar-refractivity contribution in [3.05, 3.63) is 95.4 Å². The molecule has 5 fully saturated rings. The molecule has 1 aromatic heterocycles. The topological polar surface area (TPSA) is 170 Å². The molecule has 15 heteroatoms. The lowest BCUT2D eigenvalue weighted by molar-refractivity contribution is -0.139. The highest BCUT2D eigenvalue weighted by Crippen LogP contribution is 2.41. The number of hydrogen-bond acceptors (Lipinski definition) is 10. The Morgan fingerprint density at radius 3 is 2.29 bits per heavy atom. The van der Waals surface area contributed by atoms with Crippen molar-refractivity contribution in [2.75, 3.05) is 43.4 Å². The third-order valence-electron chi connectivity index (χ3n) is 16.4. The van der Waals surface area contributed by atoms with E-state index in [0.717, 1.165) is 129 Å². The van der Waals surface area contributed by atoms with Gasteiger partial charge in [0.05, 0.1) is 16.6 Å². The van der Waals surface area contributed by atoms with Crippen LogP contribution in [0, 0.1) is 29.5 Å². The van der Waals surface area contributed by atoms with E-state index in [-0.39, 0.29) is 65.9 Å². The fraction of sp³-hybridized carbons (Fsp3) is 0.509. The van der Waals surface area contributed by atoms with Gasteiger partial charge in [0.2, 0.25) is 23.6 Å². The van der Waals surface area contributed by atoms with Gasteiger partial charge in [0.1, 0.15) is 23.7 Å². The number of carbonyl (C=O) groups is 6. The highest BCUT2D eigenvalue weighted by molar-refractivity contribution is 6.25. The molecule has 14 nitrogen and oxygen atoms in total. The largest absolute Gasteiger partial charge is 0.490 e. The first-order chi connectivity index (χ1) is 33.9. The molecule has 3 aromatic carbocycles. The summed E-state index contributed by atoms with van der Waals surface area (Å²) in [6.07, 6.45) is 13.1. The molecule has 368 valence electrons. The summed E-state index contributed by atoms with van der Waals surface area (Å²) in [4.78, 5) is 88.1. The molecule has 2 saturated carbocycles. The number of hydrogen-bond donors (Lipinski definition) is 3. The van der Waals surface area contributed by atoms with Crippen molar-refractivity contribution in [2.24, 2.45) is 23.7 Å². The normalized spacial score (nSPS) is 25.4. The monoisotopic (exact) mass is 953 g/mol. The molecular weight excluding hydrogens is 890 g/mol. The number of anilines is 2. The average Bonchev–Trinajstić information content (AvgIpc) is 3.63. The van der Waals surface area contributed by atoms with Gasteiger partial charge in [0.15, 0.2) is 0 Å². The van der Waals surface area contributed by atoms with Crippen molar-refractivity contribution in [1.29, 1.82) is 0 Å². The van der Waals surface area contributed by atoms with Crippen LogP contribution in [0.2, 0.25) is 0 Å². The first kappa shape index (κ1) is 47.5. The molecule has 10 rings (SSSR count).